The predicted octanol–water partition coefficient (Wildman–Crippen LogP) is 1.18. The van der Waals surface area contributed by atoms with Crippen LogP contribution in [0.25, 0.3) is 6.08 Å². The number of aliphatic hydroxyl groups excluding tert-OH is 1. The van der Waals surface area contributed by atoms with Crippen molar-refractivity contribution in [1.29, 1.82) is 0 Å². The number of aliphatic hydroxyl groups is 1. The van der Waals surface area contributed by atoms with Gasteiger partial charge in [-0.1, -0.05) is 36.1 Å². The van der Waals surface area contributed by atoms with Crippen LogP contribution in [-0.2, 0) is 9.59 Å². The van der Waals surface area contributed by atoms with Gasteiger partial charge in [0.2, 0.25) is 0 Å². The number of rotatable bonds is 3. The molecule has 9 heteroatoms. The van der Waals surface area contributed by atoms with Gasteiger partial charge in [0.05, 0.1) is 11.0 Å². The summed E-state index contributed by atoms with van der Waals surface area (Å²) in [5, 5.41) is 18.9. The Labute approximate surface area is 159 Å². The van der Waals surface area contributed by atoms with Crippen molar-refractivity contribution in [3.63, 3.8) is 0 Å². The van der Waals surface area contributed by atoms with E-state index >= 15 is 0 Å². The van der Waals surface area contributed by atoms with Crippen LogP contribution in [0.15, 0.2) is 29.2 Å². The van der Waals surface area contributed by atoms with E-state index in [2.05, 4.69) is 0 Å². The van der Waals surface area contributed by atoms with Gasteiger partial charge in [-0.25, -0.2) is 4.79 Å². The molecule has 0 saturated carbocycles. The largest absolute Gasteiger partial charge is 0.480 e. The minimum Gasteiger partial charge on any atom is -0.480 e. The van der Waals surface area contributed by atoms with Crippen molar-refractivity contribution in [3.8, 4) is 0 Å². The van der Waals surface area contributed by atoms with Crippen molar-refractivity contribution < 1.29 is 24.6 Å². The monoisotopic (exact) mass is 392 g/mol. The van der Waals surface area contributed by atoms with Gasteiger partial charge in [0.15, 0.2) is 0 Å². The molecule has 0 spiro atoms. The molecule has 3 rings (SSSR count). The Bertz CT molecular complexity index is 821. The average Bonchev–Trinajstić information content (AvgIpc) is 3.11. The Morgan fingerprint density at radius 2 is 1.96 bits per heavy atom. The summed E-state index contributed by atoms with van der Waals surface area (Å²) in [6, 6.07) is 5.48. The second-order valence-electron chi connectivity index (χ2n) is 6.06. The maximum Gasteiger partial charge on any atom is 0.326 e. The van der Waals surface area contributed by atoms with Crippen LogP contribution < -0.4 is 0 Å². The molecule has 1 aromatic carbocycles. The number of likely N-dealkylation sites (N-methyl/N-ethyl adjacent to an activating group) is 1. The number of benzene rings is 1. The van der Waals surface area contributed by atoms with E-state index in [9.17, 15) is 24.6 Å². The van der Waals surface area contributed by atoms with Crippen molar-refractivity contribution in [2.45, 2.75) is 18.6 Å². The second kappa shape index (κ2) is 7.18. The lowest BCUT2D eigenvalue weighted by molar-refractivity contribution is -0.141. The number of thioether (sulfide) groups is 1. The van der Waals surface area contributed by atoms with E-state index in [1.54, 1.807) is 37.4 Å². The SMILES string of the molecule is CN1C(=O)/C(=C\c2ccc(C(=O)N3C[C@H](O)C[C@H]3C(=O)O)cc2)SC1=S. The van der Waals surface area contributed by atoms with Crippen LogP contribution in [0.1, 0.15) is 22.3 Å². The van der Waals surface area contributed by atoms with Crippen LogP contribution in [0, 0.1) is 0 Å². The van der Waals surface area contributed by atoms with Crippen molar-refractivity contribution in [2.75, 3.05) is 13.6 Å². The molecule has 26 heavy (non-hydrogen) atoms. The number of thiocarbonyl (C=S) groups is 1. The smallest absolute Gasteiger partial charge is 0.326 e. The van der Waals surface area contributed by atoms with Crippen LogP contribution in [-0.4, -0.2) is 67.9 Å². The molecule has 0 aliphatic carbocycles. The van der Waals surface area contributed by atoms with E-state index in [4.69, 9.17) is 12.2 Å². The molecular formula is C17H16N2O5S2. The first-order chi connectivity index (χ1) is 12.3. The number of likely N-dealkylation sites (tertiary alicyclic amines) is 1. The Kier molecular flexibility index (Phi) is 5.12. The van der Waals surface area contributed by atoms with E-state index in [1.165, 1.54) is 21.6 Å². The maximum atomic E-state index is 12.6. The highest BCUT2D eigenvalue weighted by atomic mass is 32.2. The minimum absolute atomic E-state index is 0.00345. The normalized spacial score (nSPS) is 24.6. The molecule has 2 amide bonds. The van der Waals surface area contributed by atoms with Crippen molar-refractivity contribution in [3.05, 3.63) is 40.3 Å². The molecule has 0 radical (unpaired) electrons. The summed E-state index contributed by atoms with van der Waals surface area (Å²) >= 11 is 6.29. The molecule has 2 fully saturated rings. The standard InChI is InChI=1S/C17H16N2O5S2/c1-18-15(22)13(26-17(18)25)6-9-2-4-10(5-3-9)14(21)19-8-11(20)7-12(19)16(23)24/h2-6,11-12,20H,7-8H2,1H3,(H,23,24)/b13-6+/t11-,12+/m1/s1. The third-order valence-corrected chi connectivity index (χ3v) is 5.75. The molecular weight excluding hydrogens is 376 g/mol. The van der Waals surface area contributed by atoms with Crippen molar-refractivity contribution in [2.24, 2.45) is 0 Å². The van der Waals surface area contributed by atoms with Gasteiger partial charge in [0.25, 0.3) is 11.8 Å². The molecule has 1 aromatic rings. The first-order valence-corrected chi connectivity index (χ1v) is 9.04. The fourth-order valence-electron chi connectivity index (χ4n) is 2.86. The van der Waals surface area contributed by atoms with E-state index in [-0.39, 0.29) is 18.9 Å². The highest BCUT2D eigenvalue weighted by Crippen LogP contribution is 2.31. The summed E-state index contributed by atoms with van der Waals surface area (Å²) in [7, 11) is 1.61. The van der Waals surface area contributed by atoms with Gasteiger partial charge in [-0.2, -0.15) is 0 Å². The number of carboxylic acids is 1. The van der Waals surface area contributed by atoms with Crippen molar-refractivity contribution in [1.82, 2.24) is 9.80 Å². The lowest BCUT2D eigenvalue weighted by atomic mass is 10.1. The van der Waals surface area contributed by atoms with Crippen LogP contribution in [0.4, 0.5) is 0 Å². The molecule has 0 bridgehead atoms. The average molecular weight is 392 g/mol. The lowest BCUT2D eigenvalue weighted by Gasteiger charge is -2.21. The quantitative estimate of drug-likeness (QED) is 0.589. The Morgan fingerprint density at radius 3 is 2.50 bits per heavy atom. The summed E-state index contributed by atoms with van der Waals surface area (Å²) in [5.74, 6) is -1.75. The van der Waals surface area contributed by atoms with E-state index in [1.807, 2.05) is 0 Å². The number of β-amino-alcohol motifs (C(OH)–C–C–N with tert-alkyl or cyclic N) is 1. The molecule has 7 nitrogen and oxygen atoms in total. The molecule has 2 atom stereocenters. The zero-order valence-corrected chi connectivity index (χ0v) is 15.4. The number of carbonyl (C=O) groups excluding carboxylic acids is 2. The first-order valence-electron chi connectivity index (χ1n) is 7.81. The summed E-state index contributed by atoms with van der Waals surface area (Å²) in [4.78, 5) is 38.9. The van der Waals surface area contributed by atoms with Crippen LogP contribution in [0.2, 0.25) is 0 Å². The highest BCUT2D eigenvalue weighted by molar-refractivity contribution is 8.26. The molecule has 0 aromatic heterocycles. The topological polar surface area (TPSA) is 98.2 Å². The summed E-state index contributed by atoms with van der Waals surface area (Å²) < 4.78 is 0.486. The van der Waals surface area contributed by atoms with Crippen LogP contribution >= 0.6 is 24.0 Å². The number of nitrogens with zero attached hydrogens (tertiary/aromatic N) is 2. The van der Waals surface area contributed by atoms with E-state index < -0.39 is 24.0 Å². The number of amides is 2. The lowest BCUT2D eigenvalue weighted by Crippen LogP contribution is -2.40. The third kappa shape index (κ3) is 3.50. The summed E-state index contributed by atoms with van der Waals surface area (Å²) in [6.07, 6.45) is 0.879. The zero-order valence-electron chi connectivity index (χ0n) is 13.8. The Hall–Kier alpha value is -2.23. The van der Waals surface area contributed by atoms with E-state index in [0.717, 1.165) is 5.56 Å². The van der Waals surface area contributed by atoms with Gasteiger partial charge < -0.3 is 15.1 Å². The zero-order chi connectivity index (χ0) is 19.0. The fraction of sp³-hybridized carbons (Fsp3) is 0.294. The van der Waals surface area contributed by atoms with Gasteiger partial charge in [0, 0.05) is 25.6 Å². The maximum absolute atomic E-state index is 12.6. The first kappa shape index (κ1) is 18.6. The van der Waals surface area contributed by atoms with Crippen LogP contribution in [0.5, 0.6) is 0 Å². The molecule has 136 valence electrons. The molecule has 2 aliphatic heterocycles. The van der Waals surface area contributed by atoms with Gasteiger partial charge in [-0.05, 0) is 23.8 Å². The van der Waals surface area contributed by atoms with Gasteiger partial charge in [0.1, 0.15) is 10.4 Å². The van der Waals surface area contributed by atoms with E-state index in [0.29, 0.717) is 14.8 Å². The van der Waals surface area contributed by atoms with Gasteiger partial charge >= 0.3 is 5.97 Å². The van der Waals surface area contributed by atoms with Gasteiger partial charge in [-0.3, -0.25) is 14.5 Å². The Balaban J connectivity index is 1.78. The Morgan fingerprint density at radius 1 is 1.31 bits per heavy atom. The third-order valence-electron chi connectivity index (χ3n) is 4.27. The summed E-state index contributed by atoms with van der Waals surface area (Å²) in [5.41, 5.74) is 1.05. The number of hydrogen-bond donors (Lipinski definition) is 2. The summed E-state index contributed by atoms with van der Waals surface area (Å²) in [6.45, 7) is -0.00345. The minimum atomic E-state index is -1.13. The number of aliphatic carboxylic acids is 1. The molecule has 2 N–H and O–H groups in total. The molecule has 2 aliphatic rings. The number of carboxylic acid groups (broad SMARTS) is 1. The molecule has 0 unspecified atom stereocenters. The second-order valence-corrected chi connectivity index (χ2v) is 7.74. The molecule has 2 heterocycles. The molecule has 2 saturated heterocycles. The number of hydrogen-bond acceptors (Lipinski definition) is 6. The fourth-order valence-corrected chi connectivity index (χ4v) is 4.04. The number of carbonyl (C=O) groups is 3. The highest BCUT2D eigenvalue weighted by Gasteiger charge is 2.39. The van der Waals surface area contributed by atoms with Crippen molar-refractivity contribution >= 4 is 52.2 Å². The predicted molar refractivity (Wildman–Crippen MR) is 100 cm³/mol. The van der Waals surface area contributed by atoms with Gasteiger partial charge in [-0.15, -0.1) is 0 Å². The van der Waals surface area contributed by atoms with Crippen LogP contribution in [0.3, 0.4) is 0 Å².